The lowest BCUT2D eigenvalue weighted by Gasteiger charge is -2.33. The molecular weight excluding hydrogens is 392 g/mol. The number of aromatic nitrogens is 3. The van der Waals surface area contributed by atoms with E-state index < -0.39 is 0 Å². The summed E-state index contributed by atoms with van der Waals surface area (Å²) in [7, 11) is 0. The van der Waals surface area contributed by atoms with Gasteiger partial charge >= 0.3 is 0 Å². The van der Waals surface area contributed by atoms with Gasteiger partial charge in [0.05, 0.1) is 5.56 Å². The minimum atomic E-state index is 0.381. The van der Waals surface area contributed by atoms with E-state index in [1.165, 1.54) is 5.56 Å². The van der Waals surface area contributed by atoms with Gasteiger partial charge in [0.15, 0.2) is 0 Å². The van der Waals surface area contributed by atoms with Gasteiger partial charge in [0.1, 0.15) is 16.9 Å². The van der Waals surface area contributed by atoms with Crippen LogP contribution in [0.4, 0.5) is 10.9 Å². The number of halogens is 1. The molecule has 0 aliphatic carbocycles. The molecule has 0 radical (unpaired) electrons. The first kappa shape index (κ1) is 18.7. The van der Waals surface area contributed by atoms with Gasteiger partial charge < -0.3 is 10.2 Å². The maximum atomic E-state index is 8.88. The summed E-state index contributed by atoms with van der Waals surface area (Å²) in [6.45, 7) is 1.85. The third kappa shape index (κ3) is 4.58. The van der Waals surface area contributed by atoms with Gasteiger partial charge in [-0.1, -0.05) is 35.1 Å². The normalized spacial score (nSPS) is 14.6. The molecule has 3 aromatic rings. The van der Waals surface area contributed by atoms with Crippen LogP contribution >= 0.6 is 22.9 Å². The highest BCUT2D eigenvalue weighted by atomic mass is 35.5. The Kier molecular flexibility index (Phi) is 5.70. The van der Waals surface area contributed by atoms with Crippen LogP contribution in [0.3, 0.4) is 0 Å². The predicted molar refractivity (Wildman–Crippen MR) is 112 cm³/mol. The number of nitrogens with one attached hydrogen (secondary N) is 1. The maximum Gasteiger partial charge on any atom is 0.205 e. The largest absolute Gasteiger partial charge is 0.357 e. The summed E-state index contributed by atoms with van der Waals surface area (Å²) in [5.41, 5.74) is 1.77. The first-order chi connectivity index (χ1) is 13.7. The second-order valence-electron chi connectivity index (χ2n) is 6.73. The quantitative estimate of drug-likeness (QED) is 0.681. The van der Waals surface area contributed by atoms with Crippen LogP contribution in [0.15, 0.2) is 42.6 Å². The smallest absolute Gasteiger partial charge is 0.205 e. The second kappa shape index (κ2) is 8.55. The molecule has 2 aromatic heterocycles. The average molecular weight is 411 g/mol. The Morgan fingerprint density at radius 1 is 1.14 bits per heavy atom. The summed E-state index contributed by atoms with van der Waals surface area (Å²) in [5, 5.41) is 23.6. The minimum Gasteiger partial charge on any atom is -0.357 e. The predicted octanol–water partition coefficient (Wildman–Crippen LogP) is 4.13. The molecule has 0 amide bonds. The first-order valence-corrected chi connectivity index (χ1v) is 10.3. The van der Waals surface area contributed by atoms with Gasteiger partial charge in [0.25, 0.3) is 0 Å². The van der Waals surface area contributed by atoms with Crippen LogP contribution in [-0.2, 0) is 6.42 Å². The van der Waals surface area contributed by atoms with Crippen molar-refractivity contribution < 1.29 is 0 Å². The van der Waals surface area contributed by atoms with Crippen molar-refractivity contribution in [3.8, 4) is 6.07 Å². The van der Waals surface area contributed by atoms with Crippen molar-refractivity contribution in [1.29, 1.82) is 5.26 Å². The molecule has 1 aliphatic rings. The highest BCUT2D eigenvalue weighted by Crippen LogP contribution is 2.24. The fraction of sp³-hybridized carbons (Fsp3) is 0.300. The van der Waals surface area contributed by atoms with Crippen molar-refractivity contribution in [2.24, 2.45) is 0 Å². The summed E-state index contributed by atoms with van der Waals surface area (Å²) in [4.78, 5) is 6.64. The molecule has 0 unspecified atom stereocenters. The molecule has 4 rings (SSSR count). The van der Waals surface area contributed by atoms with Crippen LogP contribution in [0.25, 0.3) is 0 Å². The van der Waals surface area contributed by atoms with Crippen molar-refractivity contribution in [1.82, 2.24) is 15.2 Å². The highest BCUT2D eigenvalue weighted by molar-refractivity contribution is 7.15. The molecule has 3 heterocycles. The van der Waals surface area contributed by atoms with Crippen molar-refractivity contribution in [3.05, 3.63) is 63.8 Å². The zero-order chi connectivity index (χ0) is 19.3. The van der Waals surface area contributed by atoms with Gasteiger partial charge in [-0.05, 0) is 42.7 Å². The molecule has 8 heteroatoms. The zero-order valence-corrected chi connectivity index (χ0v) is 16.7. The van der Waals surface area contributed by atoms with E-state index in [1.807, 2.05) is 36.4 Å². The van der Waals surface area contributed by atoms with Crippen LogP contribution in [0, 0.1) is 11.3 Å². The first-order valence-electron chi connectivity index (χ1n) is 9.14. The number of nitriles is 1. The molecule has 1 aliphatic heterocycles. The maximum absolute atomic E-state index is 8.88. The molecule has 28 heavy (non-hydrogen) atoms. The van der Waals surface area contributed by atoms with E-state index in [9.17, 15) is 0 Å². The van der Waals surface area contributed by atoms with Crippen molar-refractivity contribution in [2.75, 3.05) is 23.3 Å². The van der Waals surface area contributed by atoms with Crippen molar-refractivity contribution >= 4 is 33.9 Å². The number of pyridine rings is 1. The SMILES string of the molecule is N#Cc1ccc(N2CCC(Nc3nnc(Cc4ccc(Cl)cc4)s3)CC2)nc1. The number of piperidine rings is 1. The Hall–Kier alpha value is -2.69. The molecular formula is C20H19ClN6S. The Bertz CT molecular complexity index is 956. The number of anilines is 2. The Balaban J connectivity index is 1.29. The fourth-order valence-electron chi connectivity index (χ4n) is 3.23. The number of benzene rings is 1. The van der Waals surface area contributed by atoms with E-state index in [-0.39, 0.29) is 0 Å². The van der Waals surface area contributed by atoms with E-state index in [4.69, 9.17) is 16.9 Å². The van der Waals surface area contributed by atoms with Gasteiger partial charge in [0, 0.05) is 36.8 Å². The van der Waals surface area contributed by atoms with Crippen LogP contribution in [0.2, 0.25) is 5.02 Å². The van der Waals surface area contributed by atoms with Crippen LogP contribution < -0.4 is 10.2 Å². The lowest BCUT2D eigenvalue weighted by molar-refractivity contribution is 0.523. The van der Waals surface area contributed by atoms with Gasteiger partial charge in [-0.3, -0.25) is 0 Å². The number of hydrogen-bond donors (Lipinski definition) is 1. The van der Waals surface area contributed by atoms with Crippen LogP contribution in [0.5, 0.6) is 0 Å². The molecule has 0 bridgehead atoms. The van der Waals surface area contributed by atoms with Crippen molar-refractivity contribution in [2.45, 2.75) is 25.3 Å². The van der Waals surface area contributed by atoms with E-state index in [0.29, 0.717) is 11.6 Å². The monoisotopic (exact) mass is 410 g/mol. The third-order valence-electron chi connectivity index (χ3n) is 4.76. The molecule has 1 N–H and O–H groups in total. The standard InChI is InChI=1S/C20H19ClN6S/c21-16-4-1-14(2-5-16)11-19-25-26-20(28-19)24-17-7-9-27(10-8-17)18-6-3-15(12-22)13-23-18/h1-6,13,17H,7-11H2,(H,24,26). The number of rotatable bonds is 5. The topological polar surface area (TPSA) is 77.7 Å². The van der Waals surface area contributed by atoms with E-state index in [0.717, 1.165) is 53.3 Å². The molecule has 0 saturated carbocycles. The summed E-state index contributed by atoms with van der Waals surface area (Å²) in [6.07, 6.45) is 4.41. The minimum absolute atomic E-state index is 0.381. The number of nitrogens with zero attached hydrogens (tertiary/aromatic N) is 5. The zero-order valence-electron chi connectivity index (χ0n) is 15.2. The molecule has 0 atom stereocenters. The van der Waals surface area contributed by atoms with Gasteiger partial charge in [-0.25, -0.2) is 4.98 Å². The van der Waals surface area contributed by atoms with Gasteiger partial charge in [-0.15, -0.1) is 10.2 Å². The molecule has 1 fully saturated rings. The molecule has 142 valence electrons. The molecule has 6 nitrogen and oxygen atoms in total. The molecule has 0 spiro atoms. The van der Waals surface area contributed by atoms with E-state index >= 15 is 0 Å². The Morgan fingerprint density at radius 3 is 2.61 bits per heavy atom. The fourth-order valence-corrected chi connectivity index (χ4v) is 4.20. The highest BCUT2D eigenvalue weighted by Gasteiger charge is 2.21. The van der Waals surface area contributed by atoms with E-state index in [2.05, 4.69) is 31.5 Å². The van der Waals surface area contributed by atoms with Crippen LogP contribution in [0.1, 0.15) is 29.0 Å². The number of hydrogen-bond acceptors (Lipinski definition) is 7. The average Bonchev–Trinajstić information content (AvgIpc) is 3.17. The van der Waals surface area contributed by atoms with E-state index in [1.54, 1.807) is 17.5 Å². The lowest BCUT2D eigenvalue weighted by atomic mass is 10.1. The Morgan fingerprint density at radius 2 is 1.93 bits per heavy atom. The summed E-state index contributed by atoms with van der Waals surface area (Å²) in [5.74, 6) is 0.929. The van der Waals surface area contributed by atoms with Crippen molar-refractivity contribution in [3.63, 3.8) is 0 Å². The summed E-state index contributed by atoms with van der Waals surface area (Å²) in [6, 6.07) is 14.0. The van der Waals surface area contributed by atoms with Crippen LogP contribution in [-0.4, -0.2) is 34.3 Å². The third-order valence-corrected chi connectivity index (χ3v) is 5.87. The lowest BCUT2D eigenvalue weighted by Crippen LogP contribution is -2.39. The molecule has 1 saturated heterocycles. The van der Waals surface area contributed by atoms with Gasteiger partial charge in [-0.2, -0.15) is 5.26 Å². The summed E-state index contributed by atoms with van der Waals surface area (Å²) >= 11 is 7.54. The van der Waals surface area contributed by atoms with Gasteiger partial charge in [0.2, 0.25) is 5.13 Å². The summed E-state index contributed by atoms with van der Waals surface area (Å²) < 4.78 is 0. The molecule has 1 aromatic carbocycles. The second-order valence-corrected chi connectivity index (χ2v) is 8.23. The Labute approximate surface area is 172 Å².